The Morgan fingerprint density at radius 2 is 2.04 bits per heavy atom. The van der Waals surface area contributed by atoms with E-state index in [2.05, 4.69) is 0 Å². The number of nitrogens with zero attached hydrogens (tertiary/aromatic N) is 1. The molecule has 3 unspecified atom stereocenters. The lowest BCUT2D eigenvalue weighted by Gasteiger charge is -2.33. The molecule has 2 heterocycles. The van der Waals surface area contributed by atoms with Gasteiger partial charge < -0.3 is 14.1 Å². The average Bonchev–Trinajstić information content (AvgIpc) is 3.20. The minimum atomic E-state index is -0.0780. The van der Waals surface area contributed by atoms with Crippen LogP contribution in [-0.2, 0) is 9.53 Å². The molecule has 0 radical (unpaired) electrons. The van der Waals surface area contributed by atoms with Crippen LogP contribution < -0.4 is 0 Å². The topological polar surface area (TPSA) is 42.7 Å². The van der Waals surface area contributed by atoms with Gasteiger partial charge >= 0.3 is 0 Å². The van der Waals surface area contributed by atoms with Gasteiger partial charge in [0.1, 0.15) is 11.9 Å². The third-order valence-electron chi connectivity index (χ3n) is 4.64. The number of carbonyl (C=O) groups is 1. The smallest absolute Gasteiger partial charge is 0.226 e. The van der Waals surface area contributed by atoms with Crippen molar-refractivity contribution in [3.8, 4) is 0 Å². The second-order valence-electron chi connectivity index (χ2n) is 6.16. The summed E-state index contributed by atoms with van der Waals surface area (Å²) in [6, 6.07) is 11.5. The molecule has 120 valence electrons. The molecule has 0 N–H and O–H groups in total. The largest absolute Gasteiger partial charge is 0.469 e. The summed E-state index contributed by atoms with van der Waals surface area (Å²) in [6.07, 6.45) is 2.47. The Bertz CT molecular complexity index is 683. The molecule has 1 amide bonds. The van der Waals surface area contributed by atoms with Crippen LogP contribution in [0.2, 0.25) is 5.02 Å². The van der Waals surface area contributed by atoms with Gasteiger partial charge in [0.25, 0.3) is 0 Å². The molecule has 4 nitrogen and oxygen atoms in total. The molecule has 3 atom stereocenters. The molecule has 1 saturated carbocycles. The highest BCUT2D eigenvalue weighted by Gasteiger charge is 2.48. The number of benzene rings is 1. The average molecular weight is 332 g/mol. The van der Waals surface area contributed by atoms with E-state index in [1.807, 2.05) is 41.3 Å². The SMILES string of the molecule is O=C(C1CC1c1ccco1)N1CCOC(c2ccc(Cl)cc2)C1. The molecule has 0 spiro atoms. The number of amides is 1. The molecule has 23 heavy (non-hydrogen) atoms. The van der Waals surface area contributed by atoms with E-state index in [1.54, 1.807) is 6.26 Å². The third-order valence-corrected chi connectivity index (χ3v) is 4.89. The number of rotatable bonds is 3. The molecule has 2 aromatic rings. The van der Waals surface area contributed by atoms with Crippen molar-refractivity contribution in [1.82, 2.24) is 4.90 Å². The highest BCUT2D eigenvalue weighted by Crippen LogP contribution is 2.48. The van der Waals surface area contributed by atoms with E-state index in [4.69, 9.17) is 20.8 Å². The first-order chi connectivity index (χ1) is 11.2. The van der Waals surface area contributed by atoms with E-state index >= 15 is 0 Å². The van der Waals surface area contributed by atoms with Crippen LogP contribution >= 0.6 is 11.6 Å². The Balaban J connectivity index is 1.41. The molecule has 2 fully saturated rings. The molecule has 1 aromatic carbocycles. The number of furan rings is 1. The van der Waals surface area contributed by atoms with Crippen LogP contribution in [0.15, 0.2) is 47.1 Å². The maximum Gasteiger partial charge on any atom is 0.226 e. The Morgan fingerprint density at radius 1 is 1.22 bits per heavy atom. The normalized spacial score (nSPS) is 27.0. The summed E-state index contributed by atoms with van der Waals surface area (Å²) in [5.41, 5.74) is 1.06. The second-order valence-corrected chi connectivity index (χ2v) is 6.60. The fourth-order valence-electron chi connectivity index (χ4n) is 3.25. The summed E-state index contributed by atoms with van der Waals surface area (Å²) in [7, 11) is 0. The predicted molar refractivity (Wildman–Crippen MR) is 86.3 cm³/mol. The summed E-state index contributed by atoms with van der Waals surface area (Å²) in [5.74, 6) is 1.44. The van der Waals surface area contributed by atoms with E-state index in [1.165, 1.54) is 0 Å². The van der Waals surface area contributed by atoms with Crippen molar-refractivity contribution in [2.45, 2.75) is 18.4 Å². The van der Waals surface area contributed by atoms with E-state index in [0.29, 0.717) is 24.7 Å². The lowest BCUT2D eigenvalue weighted by atomic mass is 10.1. The van der Waals surface area contributed by atoms with E-state index in [-0.39, 0.29) is 23.8 Å². The molecule has 4 rings (SSSR count). The standard InChI is InChI=1S/C18H18ClNO3/c19-13-5-3-12(4-6-13)17-11-20(7-9-23-17)18(21)15-10-14(15)16-2-1-8-22-16/h1-6,8,14-15,17H,7,9-11H2. The summed E-state index contributed by atoms with van der Waals surface area (Å²) < 4.78 is 11.2. The number of halogens is 1. The molecule has 0 bridgehead atoms. The third kappa shape index (κ3) is 3.01. The van der Waals surface area contributed by atoms with Crippen molar-refractivity contribution in [1.29, 1.82) is 0 Å². The summed E-state index contributed by atoms with van der Waals surface area (Å²) in [6.45, 7) is 1.82. The van der Waals surface area contributed by atoms with Crippen LogP contribution in [0.25, 0.3) is 0 Å². The quantitative estimate of drug-likeness (QED) is 0.862. The zero-order valence-corrected chi connectivity index (χ0v) is 13.4. The van der Waals surface area contributed by atoms with Gasteiger partial charge in [-0.15, -0.1) is 0 Å². The van der Waals surface area contributed by atoms with Crippen molar-refractivity contribution < 1.29 is 13.9 Å². The molecule has 1 aromatic heterocycles. The van der Waals surface area contributed by atoms with Crippen LogP contribution in [0.5, 0.6) is 0 Å². The van der Waals surface area contributed by atoms with Crippen molar-refractivity contribution >= 4 is 17.5 Å². The van der Waals surface area contributed by atoms with Gasteiger partial charge in [0, 0.05) is 23.4 Å². The van der Waals surface area contributed by atoms with E-state index in [0.717, 1.165) is 17.7 Å². The lowest BCUT2D eigenvalue weighted by molar-refractivity contribution is -0.140. The molecule has 2 aliphatic rings. The second kappa shape index (κ2) is 6.02. The van der Waals surface area contributed by atoms with Gasteiger partial charge in [0.2, 0.25) is 5.91 Å². The molecule has 1 aliphatic carbocycles. The van der Waals surface area contributed by atoms with Gasteiger partial charge in [-0.3, -0.25) is 4.79 Å². The minimum absolute atomic E-state index is 0.0603. The maximum atomic E-state index is 12.7. The summed E-state index contributed by atoms with van der Waals surface area (Å²) in [5, 5.41) is 0.705. The zero-order valence-electron chi connectivity index (χ0n) is 12.7. The number of morpholine rings is 1. The van der Waals surface area contributed by atoms with E-state index in [9.17, 15) is 4.79 Å². The molecule has 1 saturated heterocycles. The lowest BCUT2D eigenvalue weighted by Crippen LogP contribution is -2.43. The number of carbonyl (C=O) groups excluding carboxylic acids is 1. The number of hydrogen-bond acceptors (Lipinski definition) is 3. The first-order valence-electron chi connectivity index (χ1n) is 7.91. The minimum Gasteiger partial charge on any atom is -0.469 e. The zero-order chi connectivity index (χ0) is 15.8. The molecule has 1 aliphatic heterocycles. The molecular weight excluding hydrogens is 314 g/mol. The van der Waals surface area contributed by atoms with Gasteiger partial charge in [-0.1, -0.05) is 23.7 Å². The summed E-state index contributed by atoms with van der Waals surface area (Å²) >= 11 is 5.93. The van der Waals surface area contributed by atoms with Crippen molar-refractivity contribution in [3.63, 3.8) is 0 Å². The Kier molecular flexibility index (Phi) is 3.87. The van der Waals surface area contributed by atoms with Crippen LogP contribution in [-0.4, -0.2) is 30.5 Å². The fourth-order valence-corrected chi connectivity index (χ4v) is 3.37. The van der Waals surface area contributed by atoms with Crippen LogP contribution in [0.4, 0.5) is 0 Å². The first kappa shape index (κ1) is 14.8. The van der Waals surface area contributed by atoms with E-state index < -0.39 is 0 Å². The Morgan fingerprint density at radius 3 is 2.78 bits per heavy atom. The van der Waals surface area contributed by atoms with Gasteiger partial charge in [-0.2, -0.15) is 0 Å². The van der Waals surface area contributed by atoms with Gasteiger partial charge in [-0.25, -0.2) is 0 Å². The Hall–Kier alpha value is -1.78. The fraction of sp³-hybridized carbons (Fsp3) is 0.389. The van der Waals surface area contributed by atoms with Crippen LogP contribution in [0.1, 0.15) is 29.8 Å². The number of ether oxygens (including phenoxy) is 1. The molecular formula is C18H18ClNO3. The van der Waals surface area contributed by atoms with Gasteiger partial charge in [-0.05, 0) is 36.2 Å². The van der Waals surface area contributed by atoms with Crippen LogP contribution in [0, 0.1) is 5.92 Å². The summed E-state index contributed by atoms with van der Waals surface area (Å²) in [4.78, 5) is 14.6. The first-order valence-corrected chi connectivity index (χ1v) is 8.29. The van der Waals surface area contributed by atoms with Gasteiger partial charge in [0.05, 0.1) is 19.4 Å². The Labute approximate surface area is 140 Å². The van der Waals surface area contributed by atoms with Crippen LogP contribution in [0.3, 0.4) is 0 Å². The predicted octanol–water partition coefficient (Wildman–Crippen LogP) is 3.64. The number of hydrogen-bond donors (Lipinski definition) is 0. The van der Waals surface area contributed by atoms with Crippen molar-refractivity contribution in [2.24, 2.45) is 5.92 Å². The van der Waals surface area contributed by atoms with Gasteiger partial charge in [0.15, 0.2) is 0 Å². The monoisotopic (exact) mass is 331 g/mol. The maximum absolute atomic E-state index is 12.7. The highest BCUT2D eigenvalue weighted by molar-refractivity contribution is 6.30. The van der Waals surface area contributed by atoms with Crippen molar-refractivity contribution in [3.05, 3.63) is 59.0 Å². The molecule has 5 heteroatoms. The highest BCUT2D eigenvalue weighted by atomic mass is 35.5. The van der Waals surface area contributed by atoms with Crippen molar-refractivity contribution in [2.75, 3.05) is 19.7 Å².